The number of hydrogen-bond donors (Lipinski definition) is 1. The predicted octanol–water partition coefficient (Wildman–Crippen LogP) is 6.69. The Morgan fingerprint density at radius 2 is 1.25 bits per heavy atom. The number of ether oxygens (including phenoxy) is 1. The van der Waals surface area contributed by atoms with Gasteiger partial charge in [0.25, 0.3) is 10.1 Å². The summed E-state index contributed by atoms with van der Waals surface area (Å²) in [6, 6.07) is 14.5. The first kappa shape index (κ1) is 25.7. The molecule has 2 rings (SSSR count). The quantitative estimate of drug-likeness (QED) is 0.138. The summed E-state index contributed by atoms with van der Waals surface area (Å²) in [6.07, 6.45) is 7.80. The van der Waals surface area contributed by atoms with Crippen molar-refractivity contribution in [2.24, 2.45) is 10.2 Å². The van der Waals surface area contributed by atoms with Gasteiger partial charge in [-0.15, -0.1) is 0 Å². The molecule has 0 atom stereocenters. The van der Waals surface area contributed by atoms with E-state index in [0.717, 1.165) is 56.4 Å². The number of hydrogen-bond acceptors (Lipinski definition) is 6. The highest BCUT2D eigenvalue weighted by molar-refractivity contribution is 7.85. The molecule has 0 aliphatic rings. The molecule has 0 heterocycles. The number of ketones is 1. The Morgan fingerprint density at radius 3 is 1.75 bits per heavy atom. The monoisotopic (exact) mass is 460 g/mol. The SMILES string of the molecule is CC(=O)c1ccc(N=Nc2ccc(OCCCCCCCCCCS(=O)(=O)O)cc2)cc1. The summed E-state index contributed by atoms with van der Waals surface area (Å²) in [7, 11) is -3.81. The van der Waals surface area contributed by atoms with Crippen LogP contribution in [0.3, 0.4) is 0 Å². The highest BCUT2D eigenvalue weighted by atomic mass is 32.2. The van der Waals surface area contributed by atoms with Crippen LogP contribution in [-0.4, -0.2) is 31.1 Å². The first-order valence-corrected chi connectivity index (χ1v) is 12.7. The lowest BCUT2D eigenvalue weighted by molar-refractivity contribution is 0.101. The lowest BCUT2D eigenvalue weighted by Crippen LogP contribution is -2.03. The van der Waals surface area contributed by atoms with Gasteiger partial charge >= 0.3 is 0 Å². The summed E-state index contributed by atoms with van der Waals surface area (Å²) >= 11 is 0. The van der Waals surface area contributed by atoms with E-state index >= 15 is 0 Å². The summed E-state index contributed by atoms with van der Waals surface area (Å²) in [5, 5.41) is 8.38. The fourth-order valence-corrected chi connectivity index (χ4v) is 3.69. The molecule has 0 fully saturated rings. The summed E-state index contributed by atoms with van der Waals surface area (Å²) in [6.45, 7) is 2.20. The molecule has 0 bridgehead atoms. The van der Waals surface area contributed by atoms with Gasteiger partial charge < -0.3 is 4.74 Å². The van der Waals surface area contributed by atoms with Gasteiger partial charge in [-0.2, -0.15) is 18.6 Å². The van der Waals surface area contributed by atoms with E-state index in [9.17, 15) is 13.2 Å². The predicted molar refractivity (Wildman–Crippen MR) is 126 cm³/mol. The van der Waals surface area contributed by atoms with Crippen LogP contribution >= 0.6 is 0 Å². The molecule has 0 aliphatic carbocycles. The molecule has 32 heavy (non-hydrogen) atoms. The van der Waals surface area contributed by atoms with E-state index in [1.54, 1.807) is 24.3 Å². The summed E-state index contributed by atoms with van der Waals surface area (Å²) in [5.74, 6) is 0.689. The highest BCUT2D eigenvalue weighted by Gasteiger charge is 2.03. The molecule has 174 valence electrons. The molecule has 0 saturated heterocycles. The zero-order valence-electron chi connectivity index (χ0n) is 18.6. The molecule has 7 nitrogen and oxygen atoms in total. The van der Waals surface area contributed by atoms with Gasteiger partial charge in [0.1, 0.15) is 5.75 Å². The van der Waals surface area contributed by atoms with E-state index in [0.29, 0.717) is 24.3 Å². The second-order valence-corrected chi connectivity index (χ2v) is 9.33. The zero-order valence-corrected chi connectivity index (χ0v) is 19.4. The molecule has 0 amide bonds. The van der Waals surface area contributed by atoms with E-state index in [1.807, 2.05) is 24.3 Å². The molecule has 0 aliphatic heterocycles. The zero-order chi connectivity index (χ0) is 23.2. The normalized spacial score (nSPS) is 11.7. The minimum Gasteiger partial charge on any atom is -0.494 e. The van der Waals surface area contributed by atoms with Crippen molar-refractivity contribution in [1.29, 1.82) is 0 Å². The number of benzene rings is 2. The van der Waals surface area contributed by atoms with Crippen LogP contribution in [0, 0.1) is 0 Å². The molecule has 1 N–H and O–H groups in total. The molecule has 0 unspecified atom stereocenters. The van der Waals surface area contributed by atoms with Crippen LogP contribution in [0.4, 0.5) is 11.4 Å². The van der Waals surface area contributed by atoms with Gasteiger partial charge in [0.2, 0.25) is 0 Å². The Kier molecular flexibility index (Phi) is 11.0. The molecule has 8 heteroatoms. The molecule has 0 saturated carbocycles. The lowest BCUT2D eigenvalue weighted by atomic mass is 10.1. The van der Waals surface area contributed by atoms with Gasteiger partial charge in [-0.05, 0) is 68.3 Å². The van der Waals surface area contributed by atoms with Gasteiger partial charge in [0.15, 0.2) is 5.78 Å². The van der Waals surface area contributed by atoms with Crippen LogP contribution in [0.15, 0.2) is 58.8 Å². The Balaban J connectivity index is 1.56. The van der Waals surface area contributed by atoms with Crippen molar-refractivity contribution in [2.45, 2.75) is 58.3 Å². The van der Waals surface area contributed by atoms with Gasteiger partial charge in [-0.25, -0.2) is 0 Å². The minimum absolute atomic E-state index is 0.0237. The number of azo groups is 1. The smallest absolute Gasteiger partial charge is 0.264 e. The number of carbonyl (C=O) groups excluding carboxylic acids is 1. The largest absolute Gasteiger partial charge is 0.494 e. The van der Waals surface area contributed by atoms with Crippen molar-refractivity contribution in [3.8, 4) is 5.75 Å². The summed E-state index contributed by atoms with van der Waals surface area (Å²) < 4.78 is 35.7. The standard InChI is InChI=1S/C24H32N2O5S/c1-20(27)21-10-12-22(13-11-21)25-26-23-14-16-24(17-15-23)31-18-8-6-4-2-3-5-7-9-19-32(28,29)30/h10-17H,2-9,18-19H2,1H3,(H,28,29,30). The topological polar surface area (TPSA) is 105 Å². The maximum atomic E-state index is 11.3. The van der Waals surface area contributed by atoms with Crippen molar-refractivity contribution < 1.29 is 22.5 Å². The molecule has 0 spiro atoms. The van der Waals surface area contributed by atoms with Crippen molar-refractivity contribution in [1.82, 2.24) is 0 Å². The fourth-order valence-electron chi connectivity index (χ4n) is 3.12. The fraction of sp³-hybridized carbons (Fsp3) is 0.458. The minimum atomic E-state index is -3.81. The average Bonchev–Trinajstić information content (AvgIpc) is 2.76. The Bertz CT molecular complexity index is 955. The Labute approximate surface area is 190 Å². The van der Waals surface area contributed by atoms with Gasteiger partial charge in [-0.1, -0.05) is 38.5 Å². The third-order valence-electron chi connectivity index (χ3n) is 4.96. The number of rotatable bonds is 15. The highest BCUT2D eigenvalue weighted by Crippen LogP contribution is 2.22. The average molecular weight is 461 g/mol. The Hall–Kier alpha value is -2.58. The second-order valence-electron chi connectivity index (χ2n) is 7.76. The van der Waals surface area contributed by atoms with E-state index in [1.165, 1.54) is 6.92 Å². The van der Waals surface area contributed by atoms with E-state index in [4.69, 9.17) is 9.29 Å². The van der Waals surface area contributed by atoms with Crippen molar-refractivity contribution >= 4 is 27.3 Å². The number of carbonyl (C=O) groups is 1. The molecular weight excluding hydrogens is 428 g/mol. The van der Waals surface area contributed by atoms with Gasteiger partial charge in [-0.3, -0.25) is 9.35 Å². The van der Waals surface area contributed by atoms with Crippen LogP contribution in [0.1, 0.15) is 68.6 Å². The maximum absolute atomic E-state index is 11.3. The van der Waals surface area contributed by atoms with Gasteiger partial charge in [0, 0.05) is 5.56 Å². The molecule has 0 radical (unpaired) electrons. The third kappa shape index (κ3) is 11.2. The summed E-state index contributed by atoms with van der Waals surface area (Å²) in [4.78, 5) is 11.3. The van der Waals surface area contributed by atoms with Crippen LogP contribution in [0.25, 0.3) is 0 Å². The molecular formula is C24H32N2O5S. The third-order valence-corrected chi connectivity index (χ3v) is 5.76. The van der Waals surface area contributed by atoms with Crippen LogP contribution in [0.2, 0.25) is 0 Å². The van der Waals surface area contributed by atoms with Gasteiger partial charge in [0.05, 0.1) is 23.7 Å². The first-order chi connectivity index (χ1) is 15.3. The maximum Gasteiger partial charge on any atom is 0.264 e. The van der Waals surface area contributed by atoms with Crippen molar-refractivity contribution in [3.05, 3.63) is 54.1 Å². The number of Topliss-reactive ketones (excluding diaryl/α,β-unsaturated/α-hetero) is 1. The van der Waals surface area contributed by atoms with E-state index in [-0.39, 0.29) is 11.5 Å². The van der Waals surface area contributed by atoms with Crippen LogP contribution < -0.4 is 4.74 Å². The number of nitrogens with zero attached hydrogens (tertiary/aromatic N) is 2. The van der Waals surface area contributed by atoms with Crippen molar-refractivity contribution in [3.63, 3.8) is 0 Å². The lowest BCUT2D eigenvalue weighted by Gasteiger charge is -2.06. The summed E-state index contributed by atoms with van der Waals surface area (Å²) in [5.41, 5.74) is 2.07. The number of unbranched alkanes of at least 4 members (excludes halogenated alkanes) is 7. The second kappa shape index (κ2) is 13.8. The molecule has 2 aromatic rings. The Morgan fingerprint density at radius 1 is 0.781 bits per heavy atom. The van der Waals surface area contributed by atoms with Crippen LogP contribution in [-0.2, 0) is 10.1 Å². The van der Waals surface area contributed by atoms with Crippen molar-refractivity contribution in [2.75, 3.05) is 12.4 Å². The van der Waals surface area contributed by atoms with E-state index in [2.05, 4.69) is 10.2 Å². The van der Waals surface area contributed by atoms with Crippen LogP contribution in [0.5, 0.6) is 5.75 Å². The van der Waals surface area contributed by atoms with E-state index < -0.39 is 10.1 Å². The molecule has 0 aromatic heterocycles. The molecule has 2 aromatic carbocycles. The first-order valence-electron chi connectivity index (χ1n) is 11.0.